The van der Waals surface area contributed by atoms with E-state index in [2.05, 4.69) is 27.3 Å². The lowest BCUT2D eigenvalue weighted by Gasteiger charge is -2.24. The zero-order valence-corrected chi connectivity index (χ0v) is 12.1. The molecule has 0 aliphatic heterocycles. The van der Waals surface area contributed by atoms with E-state index in [9.17, 15) is 5.11 Å². The minimum absolute atomic E-state index is 0.363. The Balaban J connectivity index is 2.68. The lowest BCUT2D eigenvalue weighted by atomic mass is 10.0. The smallest absolute Gasteiger partial charge is 0.101 e. The topological polar surface area (TPSA) is 65.3 Å². The van der Waals surface area contributed by atoms with Crippen LogP contribution in [-0.2, 0) is 4.74 Å². The molecule has 98 valence electrons. The second-order valence-corrected chi connectivity index (χ2v) is 5.31. The second kappa shape index (κ2) is 6.74. The van der Waals surface area contributed by atoms with Crippen molar-refractivity contribution in [2.24, 2.45) is 0 Å². The van der Waals surface area contributed by atoms with Crippen molar-refractivity contribution in [2.45, 2.75) is 18.9 Å². The Morgan fingerprint density at radius 3 is 2.89 bits per heavy atom. The van der Waals surface area contributed by atoms with E-state index in [0.29, 0.717) is 30.8 Å². The van der Waals surface area contributed by atoms with Gasteiger partial charge in [0, 0.05) is 31.2 Å². The molecule has 1 atom stereocenters. The van der Waals surface area contributed by atoms with E-state index in [4.69, 9.17) is 10.00 Å². The minimum Gasteiger partial charge on any atom is -0.388 e. The normalized spacial score (nSPS) is 13.7. The van der Waals surface area contributed by atoms with E-state index < -0.39 is 5.60 Å². The summed E-state index contributed by atoms with van der Waals surface area (Å²) in [7, 11) is 1.60. The Bertz CT molecular complexity index is 441. The highest BCUT2D eigenvalue weighted by atomic mass is 79.9. The van der Waals surface area contributed by atoms with Gasteiger partial charge in [-0.25, -0.2) is 0 Å². The van der Waals surface area contributed by atoms with Crippen molar-refractivity contribution in [2.75, 3.05) is 25.6 Å². The van der Waals surface area contributed by atoms with Gasteiger partial charge in [-0.3, -0.25) is 0 Å². The zero-order valence-electron chi connectivity index (χ0n) is 10.5. The molecule has 0 radical (unpaired) electrons. The number of ether oxygens (including phenoxy) is 1. The third-order valence-electron chi connectivity index (χ3n) is 2.61. The summed E-state index contributed by atoms with van der Waals surface area (Å²) < 4.78 is 5.84. The molecule has 0 fully saturated rings. The molecule has 0 aromatic heterocycles. The highest BCUT2D eigenvalue weighted by Crippen LogP contribution is 2.22. The highest BCUT2D eigenvalue weighted by Gasteiger charge is 2.20. The summed E-state index contributed by atoms with van der Waals surface area (Å²) in [4.78, 5) is 0. The van der Waals surface area contributed by atoms with Crippen LogP contribution in [0.15, 0.2) is 22.7 Å². The SMILES string of the molecule is COCCC(C)(O)CNc1cc(Br)ccc1C#N. The number of aliphatic hydroxyl groups is 1. The first-order valence-corrected chi connectivity index (χ1v) is 6.42. The monoisotopic (exact) mass is 312 g/mol. The molecule has 0 aliphatic carbocycles. The fraction of sp³-hybridized carbons (Fsp3) is 0.462. The van der Waals surface area contributed by atoms with Gasteiger partial charge in [-0.15, -0.1) is 0 Å². The van der Waals surface area contributed by atoms with Crippen molar-refractivity contribution in [3.63, 3.8) is 0 Å². The maximum absolute atomic E-state index is 10.1. The van der Waals surface area contributed by atoms with Crippen molar-refractivity contribution < 1.29 is 9.84 Å². The van der Waals surface area contributed by atoms with Crippen LogP contribution in [0, 0.1) is 11.3 Å². The van der Waals surface area contributed by atoms with Gasteiger partial charge >= 0.3 is 0 Å². The zero-order chi connectivity index (χ0) is 13.6. The number of rotatable bonds is 6. The summed E-state index contributed by atoms with van der Waals surface area (Å²) in [5.41, 5.74) is 0.399. The molecule has 0 amide bonds. The van der Waals surface area contributed by atoms with Crippen LogP contribution in [0.3, 0.4) is 0 Å². The molecule has 0 bridgehead atoms. The molecule has 0 aliphatic rings. The summed E-state index contributed by atoms with van der Waals surface area (Å²) in [6, 6.07) is 7.48. The fourth-order valence-corrected chi connectivity index (χ4v) is 1.82. The van der Waals surface area contributed by atoms with Crippen molar-refractivity contribution >= 4 is 21.6 Å². The maximum atomic E-state index is 10.1. The van der Waals surface area contributed by atoms with Crippen LogP contribution in [-0.4, -0.2) is 31.0 Å². The van der Waals surface area contributed by atoms with Crippen molar-refractivity contribution in [3.05, 3.63) is 28.2 Å². The van der Waals surface area contributed by atoms with Gasteiger partial charge < -0.3 is 15.2 Å². The van der Waals surface area contributed by atoms with E-state index in [1.807, 2.05) is 12.1 Å². The van der Waals surface area contributed by atoms with Gasteiger partial charge in [-0.2, -0.15) is 5.26 Å². The Morgan fingerprint density at radius 1 is 1.56 bits per heavy atom. The molecule has 2 N–H and O–H groups in total. The van der Waals surface area contributed by atoms with E-state index in [-0.39, 0.29) is 0 Å². The van der Waals surface area contributed by atoms with Crippen LogP contribution in [0.5, 0.6) is 0 Å². The summed E-state index contributed by atoms with van der Waals surface area (Å²) >= 11 is 3.36. The number of nitrogens with zero attached hydrogens (tertiary/aromatic N) is 1. The van der Waals surface area contributed by atoms with Gasteiger partial charge in [0.1, 0.15) is 6.07 Å². The fourth-order valence-electron chi connectivity index (χ4n) is 1.46. The average Bonchev–Trinajstić information content (AvgIpc) is 2.34. The average molecular weight is 313 g/mol. The number of hydrogen-bond acceptors (Lipinski definition) is 4. The first-order valence-electron chi connectivity index (χ1n) is 5.63. The lowest BCUT2D eigenvalue weighted by molar-refractivity contribution is 0.0357. The Morgan fingerprint density at radius 2 is 2.28 bits per heavy atom. The van der Waals surface area contributed by atoms with Crippen LogP contribution in [0.2, 0.25) is 0 Å². The molecule has 0 spiro atoms. The molecule has 4 nitrogen and oxygen atoms in total. The molecular weight excluding hydrogens is 296 g/mol. The third-order valence-corrected chi connectivity index (χ3v) is 3.10. The second-order valence-electron chi connectivity index (χ2n) is 4.40. The number of benzene rings is 1. The number of anilines is 1. The molecule has 1 rings (SSSR count). The Labute approximate surface area is 116 Å². The van der Waals surface area contributed by atoms with Gasteiger partial charge in [-0.05, 0) is 25.1 Å². The Kier molecular flexibility index (Phi) is 5.60. The highest BCUT2D eigenvalue weighted by molar-refractivity contribution is 9.10. The van der Waals surface area contributed by atoms with Gasteiger partial charge in [0.25, 0.3) is 0 Å². The molecule has 18 heavy (non-hydrogen) atoms. The van der Waals surface area contributed by atoms with E-state index in [1.54, 1.807) is 20.1 Å². The van der Waals surface area contributed by atoms with E-state index >= 15 is 0 Å². The summed E-state index contributed by atoms with van der Waals surface area (Å²) in [6.07, 6.45) is 0.534. The van der Waals surface area contributed by atoms with Crippen LogP contribution >= 0.6 is 15.9 Å². The first kappa shape index (κ1) is 15.0. The van der Waals surface area contributed by atoms with Crippen LogP contribution in [0.1, 0.15) is 18.9 Å². The van der Waals surface area contributed by atoms with Gasteiger partial charge in [0.05, 0.1) is 16.9 Å². The van der Waals surface area contributed by atoms with Gasteiger partial charge in [-0.1, -0.05) is 15.9 Å². The quantitative estimate of drug-likeness (QED) is 0.847. The van der Waals surface area contributed by atoms with Crippen molar-refractivity contribution in [1.29, 1.82) is 5.26 Å². The van der Waals surface area contributed by atoms with Crippen LogP contribution < -0.4 is 5.32 Å². The van der Waals surface area contributed by atoms with Crippen LogP contribution in [0.25, 0.3) is 0 Å². The van der Waals surface area contributed by atoms with Gasteiger partial charge in [0.2, 0.25) is 0 Å². The summed E-state index contributed by atoms with van der Waals surface area (Å²) in [5, 5.41) is 22.2. The summed E-state index contributed by atoms with van der Waals surface area (Å²) in [5.74, 6) is 0. The molecule has 1 aromatic carbocycles. The summed E-state index contributed by atoms with van der Waals surface area (Å²) in [6.45, 7) is 2.60. The molecular formula is C13H17BrN2O2. The van der Waals surface area contributed by atoms with Gasteiger partial charge in [0.15, 0.2) is 0 Å². The molecule has 1 unspecified atom stereocenters. The molecule has 1 aromatic rings. The maximum Gasteiger partial charge on any atom is 0.101 e. The molecule has 0 saturated carbocycles. The largest absolute Gasteiger partial charge is 0.388 e. The number of nitriles is 1. The number of nitrogens with one attached hydrogen (secondary N) is 1. The van der Waals surface area contributed by atoms with Crippen LogP contribution in [0.4, 0.5) is 5.69 Å². The molecule has 5 heteroatoms. The predicted octanol–water partition coefficient (Wildman–Crippen LogP) is 2.52. The number of methoxy groups -OCH3 is 1. The lowest BCUT2D eigenvalue weighted by Crippen LogP contribution is -2.34. The predicted molar refractivity (Wildman–Crippen MR) is 74.5 cm³/mol. The Hall–Kier alpha value is -1.09. The number of halogens is 1. The molecule has 0 saturated heterocycles. The first-order chi connectivity index (χ1) is 8.48. The standard InChI is InChI=1S/C13H17BrN2O2/c1-13(17,5-6-18-2)9-16-12-7-11(14)4-3-10(12)8-15/h3-4,7,16-17H,5-6,9H2,1-2H3. The number of hydrogen-bond donors (Lipinski definition) is 2. The van der Waals surface area contributed by atoms with E-state index in [0.717, 1.165) is 4.47 Å². The minimum atomic E-state index is -0.870. The van der Waals surface area contributed by atoms with Crippen molar-refractivity contribution in [1.82, 2.24) is 0 Å². The van der Waals surface area contributed by atoms with E-state index in [1.165, 1.54) is 0 Å². The molecule has 0 heterocycles. The van der Waals surface area contributed by atoms with Crippen molar-refractivity contribution in [3.8, 4) is 6.07 Å². The third kappa shape index (κ3) is 4.65.